The first kappa shape index (κ1) is 71.4. The van der Waals surface area contributed by atoms with Crippen molar-refractivity contribution in [3.05, 3.63) is 71.8 Å². The Hall–Kier alpha value is -6.86. The fraction of sp³-hybridized carbons (Fsp3) is 0.656. The minimum atomic E-state index is -1.27. The summed E-state index contributed by atoms with van der Waals surface area (Å²) >= 11 is 0. The zero-order valence-electron chi connectivity index (χ0n) is 52.9. The second kappa shape index (κ2) is 34.8. The van der Waals surface area contributed by atoms with Gasteiger partial charge in [0.2, 0.25) is 59.1 Å². The lowest BCUT2D eigenvalue weighted by atomic mass is 9.96. The van der Waals surface area contributed by atoms with E-state index in [4.69, 9.17) is 0 Å². The van der Waals surface area contributed by atoms with Crippen molar-refractivity contribution in [1.82, 2.24) is 53.2 Å². The summed E-state index contributed by atoms with van der Waals surface area (Å²) in [7, 11) is 0. The Kier molecular flexibility index (Phi) is 29.6. The third kappa shape index (κ3) is 24.8. The van der Waals surface area contributed by atoms with E-state index in [-0.39, 0.29) is 86.9 Å². The van der Waals surface area contributed by atoms with Gasteiger partial charge in [-0.3, -0.25) is 47.9 Å². The molecule has 0 aromatic heterocycles. The molecular weight excluding hydrogens is 1070 g/mol. The van der Waals surface area contributed by atoms with E-state index in [1.165, 1.54) is 0 Å². The molecule has 84 heavy (non-hydrogen) atoms. The third-order valence-corrected chi connectivity index (χ3v) is 14.4. The van der Waals surface area contributed by atoms with Crippen LogP contribution in [0.5, 0.6) is 0 Å². The van der Waals surface area contributed by atoms with Gasteiger partial charge in [0.1, 0.15) is 60.4 Å². The molecule has 10 atom stereocenters. The van der Waals surface area contributed by atoms with Crippen LogP contribution in [0.3, 0.4) is 0 Å². The number of nitrogens with one attached hydrogen (secondary N) is 10. The molecule has 0 spiro atoms. The molecule has 1 aliphatic heterocycles. The van der Waals surface area contributed by atoms with Crippen molar-refractivity contribution in [3.8, 4) is 0 Å². The van der Waals surface area contributed by atoms with Gasteiger partial charge in [0.25, 0.3) is 0 Å². The predicted octanol–water partition coefficient (Wildman–Crippen LogP) is 4.92. The molecule has 10 amide bonds. The quantitative estimate of drug-likeness (QED) is 0.0961. The maximum atomic E-state index is 14.7. The van der Waals surface area contributed by atoms with Crippen LogP contribution in [0.2, 0.25) is 0 Å². The van der Waals surface area contributed by atoms with E-state index in [0.29, 0.717) is 11.1 Å². The van der Waals surface area contributed by atoms with Crippen molar-refractivity contribution in [2.24, 2.45) is 47.3 Å². The molecule has 468 valence electrons. The molecule has 2 aromatic rings. The molecule has 10 N–H and O–H groups in total. The van der Waals surface area contributed by atoms with Crippen LogP contribution < -0.4 is 53.2 Å². The molecule has 0 bridgehead atoms. The number of benzene rings is 2. The summed E-state index contributed by atoms with van der Waals surface area (Å²) in [6.45, 7) is 29.4. The number of rotatable bonds is 18. The van der Waals surface area contributed by atoms with Gasteiger partial charge in [-0.1, -0.05) is 171 Å². The van der Waals surface area contributed by atoms with E-state index in [1.807, 2.05) is 95.2 Å². The molecule has 0 radical (unpaired) electrons. The lowest BCUT2D eigenvalue weighted by molar-refractivity contribution is -0.137. The van der Waals surface area contributed by atoms with Gasteiger partial charge in [0, 0.05) is 12.8 Å². The van der Waals surface area contributed by atoms with Crippen molar-refractivity contribution < 1.29 is 47.9 Å². The Balaban J connectivity index is 2.29. The maximum Gasteiger partial charge on any atom is 0.243 e. The standard InChI is InChI=1S/C64H102N10O10/c1-35(2)27-45-55(75)67-49(31-39(9)10)61(81)73-53(41(13)14)63(83)72-48(30-38(7)8)58(78)70-52(34-44-25-21-18-22-26-44)60(80)66-46(28-36(3)4)56(76)68-50(32-40(11)12)62(82)74-54(42(15)16)64(84)71-47(29-37(5)6)57(77)69-51(59(79)65-45)33-43-23-19-17-20-24-43/h17-26,35-42,45-54H,27-34H2,1-16H3,(H,65,79)(H,66,80)(H,67,75)(H,68,76)(H,69,77)(H,70,78)(H,71,84)(H,72,83)(H,73,81)(H,74,82)/t45-,46+,47-,48-,49+,50-,51-,52+,53-,54-/m1/s1. The Morgan fingerprint density at radius 3 is 0.631 bits per heavy atom. The summed E-state index contributed by atoms with van der Waals surface area (Å²) in [5, 5.41) is 28.6. The minimum absolute atomic E-state index is 0.00287. The summed E-state index contributed by atoms with van der Waals surface area (Å²) in [5.74, 6) is -8.73. The summed E-state index contributed by atoms with van der Waals surface area (Å²) in [6, 6.07) is 5.81. The van der Waals surface area contributed by atoms with Crippen LogP contribution in [0, 0.1) is 47.3 Å². The molecule has 1 heterocycles. The van der Waals surface area contributed by atoms with Gasteiger partial charge in [-0.15, -0.1) is 0 Å². The summed E-state index contributed by atoms with van der Waals surface area (Å²) in [6.07, 6.45) is 0.827. The Bertz CT molecular complexity index is 2310. The van der Waals surface area contributed by atoms with Crippen LogP contribution in [0.15, 0.2) is 60.7 Å². The third-order valence-electron chi connectivity index (χ3n) is 14.4. The molecule has 0 saturated carbocycles. The van der Waals surface area contributed by atoms with E-state index in [9.17, 15) is 47.9 Å². The summed E-state index contributed by atoms with van der Waals surface area (Å²) < 4.78 is 0. The molecule has 1 fully saturated rings. The molecule has 0 unspecified atom stereocenters. The first-order valence-corrected chi connectivity index (χ1v) is 30.5. The zero-order valence-corrected chi connectivity index (χ0v) is 52.9. The predicted molar refractivity (Wildman–Crippen MR) is 326 cm³/mol. The van der Waals surface area contributed by atoms with Crippen molar-refractivity contribution in [2.75, 3.05) is 0 Å². The lowest BCUT2D eigenvalue weighted by Gasteiger charge is -2.31. The highest BCUT2D eigenvalue weighted by Crippen LogP contribution is 2.17. The van der Waals surface area contributed by atoms with Crippen LogP contribution >= 0.6 is 0 Å². The van der Waals surface area contributed by atoms with E-state index >= 15 is 0 Å². The minimum Gasteiger partial charge on any atom is -0.343 e. The highest BCUT2D eigenvalue weighted by atomic mass is 16.2. The Labute approximate surface area is 500 Å². The monoisotopic (exact) mass is 1170 g/mol. The molecule has 1 saturated heterocycles. The van der Waals surface area contributed by atoms with Crippen LogP contribution in [-0.4, -0.2) is 119 Å². The van der Waals surface area contributed by atoms with Crippen molar-refractivity contribution >= 4 is 59.1 Å². The van der Waals surface area contributed by atoms with Crippen LogP contribution in [0.25, 0.3) is 0 Å². The van der Waals surface area contributed by atoms with Crippen LogP contribution in [0.4, 0.5) is 0 Å². The number of amides is 10. The van der Waals surface area contributed by atoms with E-state index in [1.54, 1.807) is 76.2 Å². The molecule has 20 nitrogen and oxygen atoms in total. The number of hydrogen-bond acceptors (Lipinski definition) is 10. The highest BCUT2D eigenvalue weighted by molar-refractivity contribution is 5.99. The fourth-order valence-electron chi connectivity index (χ4n) is 10.1. The number of carbonyl (C=O) groups excluding carboxylic acids is 10. The second-order valence-electron chi connectivity index (χ2n) is 26.1. The van der Waals surface area contributed by atoms with Gasteiger partial charge in [-0.2, -0.15) is 0 Å². The second-order valence-corrected chi connectivity index (χ2v) is 26.1. The average Bonchev–Trinajstić information content (AvgIpc) is 3.36. The van der Waals surface area contributed by atoms with Crippen molar-refractivity contribution in [3.63, 3.8) is 0 Å². The first-order valence-electron chi connectivity index (χ1n) is 30.5. The lowest BCUT2D eigenvalue weighted by Crippen LogP contribution is -2.62. The number of hydrogen-bond donors (Lipinski definition) is 10. The smallest absolute Gasteiger partial charge is 0.243 e. The SMILES string of the molecule is CC(C)C[C@@H]1NC(=O)[C@H](Cc2ccccc2)NC(=O)[C@@H](CC(C)C)NC(=O)[C@@H](C(C)C)NC(=O)[C@H](CC(C)C)NC(=O)[C@@H](CC(C)C)NC(=O)[C@@H](Cc2ccccc2)NC(=O)[C@@H](CC(C)C)NC(=O)[C@@H](C(C)C)NC(=O)[C@@H](CC(C)C)NC1=O. The van der Waals surface area contributed by atoms with Gasteiger partial charge in [-0.25, -0.2) is 0 Å². The van der Waals surface area contributed by atoms with Gasteiger partial charge in [0.15, 0.2) is 0 Å². The topological polar surface area (TPSA) is 291 Å². The van der Waals surface area contributed by atoms with E-state index in [0.717, 1.165) is 0 Å². The molecule has 2 aromatic carbocycles. The first-order chi connectivity index (χ1) is 39.3. The van der Waals surface area contributed by atoms with Crippen molar-refractivity contribution in [2.45, 2.75) is 223 Å². The van der Waals surface area contributed by atoms with E-state index in [2.05, 4.69) is 53.2 Å². The Morgan fingerprint density at radius 2 is 0.429 bits per heavy atom. The van der Waals surface area contributed by atoms with Crippen molar-refractivity contribution in [1.29, 1.82) is 0 Å². The highest BCUT2D eigenvalue weighted by Gasteiger charge is 2.39. The molecule has 1 aliphatic rings. The largest absolute Gasteiger partial charge is 0.343 e. The average molecular weight is 1170 g/mol. The van der Waals surface area contributed by atoms with E-state index < -0.39 is 131 Å². The Morgan fingerprint density at radius 1 is 0.250 bits per heavy atom. The van der Waals surface area contributed by atoms with Crippen LogP contribution in [0.1, 0.15) is 160 Å². The zero-order chi connectivity index (χ0) is 63.1. The molecule has 3 rings (SSSR count). The van der Waals surface area contributed by atoms with Crippen LogP contribution in [-0.2, 0) is 60.8 Å². The molecule has 20 heteroatoms. The van der Waals surface area contributed by atoms with Gasteiger partial charge >= 0.3 is 0 Å². The summed E-state index contributed by atoms with van der Waals surface area (Å²) in [4.78, 5) is 146. The van der Waals surface area contributed by atoms with Gasteiger partial charge in [-0.05, 0) is 97.0 Å². The van der Waals surface area contributed by atoms with Gasteiger partial charge in [0.05, 0.1) is 0 Å². The molecular formula is C64H102N10O10. The van der Waals surface area contributed by atoms with Gasteiger partial charge < -0.3 is 53.2 Å². The normalized spacial score (nSPS) is 25.0. The molecule has 0 aliphatic carbocycles. The number of carbonyl (C=O) groups is 10. The maximum absolute atomic E-state index is 14.7. The fourth-order valence-corrected chi connectivity index (χ4v) is 10.1. The summed E-state index contributed by atoms with van der Waals surface area (Å²) in [5.41, 5.74) is 1.38.